The highest BCUT2D eigenvalue weighted by atomic mass is 16.6. The van der Waals surface area contributed by atoms with Gasteiger partial charge < -0.3 is 9.53 Å². The molecule has 0 saturated carbocycles. The van der Waals surface area contributed by atoms with Gasteiger partial charge in [0, 0.05) is 13.0 Å². The summed E-state index contributed by atoms with van der Waals surface area (Å²) in [6.07, 6.45) is 0.599. The van der Waals surface area contributed by atoms with Crippen molar-refractivity contribution in [1.29, 1.82) is 0 Å². The minimum Gasteiger partial charge on any atom is -0.443 e. The Kier molecular flexibility index (Phi) is 5.35. The minimum absolute atomic E-state index is 0.0370. The number of likely N-dealkylation sites (tertiary alicyclic amines) is 1. The highest BCUT2D eigenvalue weighted by molar-refractivity contribution is 6.00. The molecule has 0 unspecified atom stereocenters. The first-order chi connectivity index (χ1) is 11.5. The first-order valence-electron chi connectivity index (χ1n) is 8.67. The second kappa shape index (κ2) is 6.98. The number of ketones is 1. The number of hydrogen-bond acceptors (Lipinski definition) is 4. The van der Waals surface area contributed by atoms with Gasteiger partial charge in [-0.3, -0.25) is 4.79 Å². The summed E-state index contributed by atoms with van der Waals surface area (Å²) in [6.45, 7) is 9.13. The van der Waals surface area contributed by atoms with Gasteiger partial charge in [-0.2, -0.15) is 0 Å². The van der Waals surface area contributed by atoms with E-state index in [1.807, 2.05) is 31.2 Å². The number of benzene rings is 1. The quantitative estimate of drug-likeness (QED) is 0.833. The molecule has 1 atom stereocenters. The molecule has 2 rings (SSSR count). The molecule has 0 bridgehead atoms. The maximum absolute atomic E-state index is 13.2. The minimum atomic E-state index is -0.837. The molecule has 5 nitrogen and oxygen atoms in total. The topological polar surface area (TPSA) is 63.7 Å². The van der Waals surface area contributed by atoms with Gasteiger partial charge >= 0.3 is 6.09 Å². The number of imide groups is 1. The van der Waals surface area contributed by atoms with Gasteiger partial charge in [0.25, 0.3) is 0 Å². The van der Waals surface area contributed by atoms with Crippen LogP contribution in [0.2, 0.25) is 0 Å². The standard InChI is InChI=1S/C20H27NO4/c1-14-6-8-16(9-7-14)20(11-10-15(2)22)12-13-21(17(20)23)18(24)25-19(3,4)5/h6-9H,10-13H2,1-5H3/t20-/m1/s1. The highest BCUT2D eigenvalue weighted by Gasteiger charge is 2.50. The molecule has 136 valence electrons. The Hall–Kier alpha value is -2.17. The van der Waals surface area contributed by atoms with E-state index in [2.05, 4.69) is 0 Å². The van der Waals surface area contributed by atoms with E-state index in [4.69, 9.17) is 4.74 Å². The van der Waals surface area contributed by atoms with Crippen molar-refractivity contribution in [2.24, 2.45) is 0 Å². The number of rotatable bonds is 4. The van der Waals surface area contributed by atoms with Gasteiger partial charge in [0.2, 0.25) is 5.91 Å². The lowest BCUT2D eigenvalue weighted by atomic mass is 9.75. The van der Waals surface area contributed by atoms with E-state index >= 15 is 0 Å². The van der Waals surface area contributed by atoms with Crippen LogP contribution in [0.1, 0.15) is 58.1 Å². The predicted octanol–water partition coefficient (Wildman–Crippen LogP) is 3.77. The molecule has 1 heterocycles. The van der Waals surface area contributed by atoms with Crippen LogP contribution in [0.3, 0.4) is 0 Å². The summed E-state index contributed by atoms with van der Waals surface area (Å²) in [4.78, 5) is 38.3. The highest BCUT2D eigenvalue weighted by Crippen LogP contribution is 2.40. The Balaban J connectivity index is 2.34. The molecule has 1 aliphatic heterocycles. The molecule has 1 aromatic carbocycles. The zero-order valence-electron chi connectivity index (χ0n) is 15.7. The maximum Gasteiger partial charge on any atom is 0.417 e. The van der Waals surface area contributed by atoms with Crippen molar-refractivity contribution in [2.75, 3.05) is 6.54 Å². The second-order valence-corrected chi connectivity index (χ2v) is 7.84. The number of Topliss-reactive ketones (excluding diaryl/α,β-unsaturated/α-hetero) is 1. The Bertz CT molecular complexity index is 672. The number of carbonyl (C=O) groups is 3. The van der Waals surface area contributed by atoms with Crippen molar-refractivity contribution in [3.05, 3.63) is 35.4 Å². The van der Waals surface area contributed by atoms with Crippen LogP contribution in [-0.2, 0) is 19.7 Å². The zero-order valence-corrected chi connectivity index (χ0v) is 15.7. The molecule has 0 aliphatic carbocycles. The van der Waals surface area contributed by atoms with Gasteiger partial charge in [-0.05, 0) is 53.0 Å². The van der Waals surface area contributed by atoms with E-state index in [1.165, 1.54) is 11.8 Å². The fraction of sp³-hybridized carbons (Fsp3) is 0.550. The molecule has 1 aliphatic rings. The third-order valence-corrected chi connectivity index (χ3v) is 4.54. The maximum atomic E-state index is 13.2. The first-order valence-corrected chi connectivity index (χ1v) is 8.67. The Morgan fingerprint density at radius 2 is 1.80 bits per heavy atom. The second-order valence-electron chi connectivity index (χ2n) is 7.84. The summed E-state index contributed by atoms with van der Waals surface area (Å²) in [5, 5.41) is 0. The molecular formula is C20H27NO4. The average molecular weight is 345 g/mol. The van der Waals surface area contributed by atoms with Crippen LogP contribution in [0.5, 0.6) is 0 Å². The lowest BCUT2D eigenvalue weighted by Crippen LogP contribution is -2.43. The third-order valence-electron chi connectivity index (χ3n) is 4.54. The normalized spacial score (nSPS) is 20.7. The van der Waals surface area contributed by atoms with Crippen LogP contribution in [0.4, 0.5) is 4.79 Å². The van der Waals surface area contributed by atoms with E-state index < -0.39 is 17.1 Å². The largest absolute Gasteiger partial charge is 0.443 e. The van der Waals surface area contributed by atoms with Gasteiger partial charge in [-0.25, -0.2) is 9.69 Å². The molecule has 0 spiro atoms. The Labute approximate surface area is 149 Å². The monoisotopic (exact) mass is 345 g/mol. The molecular weight excluding hydrogens is 318 g/mol. The molecule has 0 aromatic heterocycles. The van der Waals surface area contributed by atoms with Crippen molar-refractivity contribution in [1.82, 2.24) is 4.90 Å². The van der Waals surface area contributed by atoms with Gasteiger partial charge in [-0.1, -0.05) is 29.8 Å². The molecule has 1 fully saturated rings. The van der Waals surface area contributed by atoms with Crippen LogP contribution in [0.25, 0.3) is 0 Å². The number of nitrogens with zero attached hydrogens (tertiary/aromatic N) is 1. The number of ether oxygens (including phenoxy) is 1. The van der Waals surface area contributed by atoms with Crippen LogP contribution in [0, 0.1) is 6.92 Å². The van der Waals surface area contributed by atoms with Crippen molar-refractivity contribution in [2.45, 2.75) is 64.9 Å². The third kappa shape index (κ3) is 4.27. The molecule has 2 amide bonds. The zero-order chi connectivity index (χ0) is 18.8. The van der Waals surface area contributed by atoms with E-state index in [-0.39, 0.29) is 11.7 Å². The van der Waals surface area contributed by atoms with Gasteiger partial charge in [-0.15, -0.1) is 0 Å². The molecule has 0 radical (unpaired) electrons. The average Bonchev–Trinajstić information content (AvgIpc) is 2.82. The molecule has 0 N–H and O–H groups in total. The smallest absolute Gasteiger partial charge is 0.417 e. The molecule has 1 aromatic rings. The van der Waals surface area contributed by atoms with Crippen molar-refractivity contribution in [3.8, 4) is 0 Å². The predicted molar refractivity (Wildman–Crippen MR) is 95.3 cm³/mol. The molecule has 25 heavy (non-hydrogen) atoms. The van der Waals surface area contributed by atoms with Crippen molar-refractivity contribution >= 4 is 17.8 Å². The van der Waals surface area contributed by atoms with E-state index in [0.717, 1.165) is 11.1 Å². The molecule has 1 saturated heterocycles. The van der Waals surface area contributed by atoms with Crippen molar-refractivity contribution < 1.29 is 19.1 Å². The van der Waals surface area contributed by atoms with Crippen LogP contribution >= 0.6 is 0 Å². The summed E-state index contributed by atoms with van der Waals surface area (Å²) in [6, 6.07) is 7.75. The number of carbonyl (C=O) groups excluding carboxylic acids is 3. The number of amides is 2. The Morgan fingerprint density at radius 3 is 2.32 bits per heavy atom. The van der Waals surface area contributed by atoms with Gasteiger partial charge in [0.05, 0.1) is 5.41 Å². The Morgan fingerprint density at radius 1 is 1.20 bits per heavy atom. The van der Waals surface area contributed by atoms with E-state index in [0.29, 0.717) is 25.8 Å². The van der Waals surface area contributed by atoms with Gasteiger partial charge in [0.15, 0.2) is 0 Å². The lowest BCUT2D eigenvalue weighted by molar-refractivity contribution is -0.132. The fourth-order valence-corrected chi connectivity index (χ4v) is 3.17. The van der Waals surface area contributed by atoms with Crippen LogP contribution in [-0.4, -0.2) is 34.8 Å². The van der Waals surface area contributed by atoms with E-state index in [1.54, 1.807) is 20.8 Å². The van der Waals surface area contributed by atoms with Crippen LogP contribution in [0.15, 0.2) is 24.3 Å². The lowest BCUT2D eigenvalue weighted by Gasteiger charge is -2.29. The number of aryl methyl sites for hydroxylation is 1. The summed E-state index contributed by atoms with van der Waals surface area (Å²) >= 11 is 0. The summed E-state index contributed by atoms with van der Waals surface area (Å²) in [5.41, 5.74) is 0.456. The molecule has 5 heteroatoms. The number of hydrogen-bond donors (Lipinski definition) is 0. The van der Waals surface area contributed by atoms with Crippen molar-refractivity contribution in [3.63, 3.8) is 0 Å². The van der Waals surface area contributed by atoms with E-state index in [9.17, 15) is 14.4 Å². The summed E-state index contributed by atoms with van der Waals surface area (Å²) in [5.74, 6) is -0.234. The summed E-state index contributed by atoms with van der Waals surface area (Å²) < 4.78 is 5.37. The fourth-order valence-electron chi connectivity index (χ4n) is 3.17. The SMILES string of the molecule is CC(=O)CC[C@]1(c2ccc(C)cc2)CCN(C(=O)OC(C)(C)C)C1=O. The first kappa shape index (κ1) is 19.2. The van der Waals surface area contributed by atoms with Gasteiger partial charge in [0.1, 0.15) is 11.4 Å². The summed E-state index contributed by atoms with van der Waals surface area (Å²) in [7, 11) is 0. The van der Waals surface area contributed by atoms with Crippen LogP contribution < -0.4 is 0 Å².